The van der Waals surface area contributed by atoms with Gasteiger partial charge < -0.3 is 10.7 Å². The van der Waals surface area contributed by atoms with Crippen LogP contribution < -0.4 is 11.3 Å². The zero-order chi connectivity index (χ0) is 9.97. The van der Waals surface area contributed by atoms with Crippen molar-refractivity contribution in [2.75, 3.05) is 11.5 Å². The number of aromatic amines is 1. The lowest BCUT2D eigenvalue weighted by atomic mass is 10.3. The predicted molar refractivity (Wildman–Crippen MR) is 57.3 cm³/mol. The molecule has 0 aliphatic heterocycles. The summed E-state index contributed by atoms with van der Waals surface area (Å²) in [6, 6.07) is 1.30. The number of hydrogen-bond donors (Lipinski definition) is 2. The maximum atomic E-state index is 11.0. The van der Waals surface area contributed by atoms with E-state index in [-0.39, 0.29) is 5.56 Å². The van der Waals surface area contributed by atoms with E-state index in [0.29, 0.717) is 11.0 Å². The first-order valence-electron chi connectivity index (χ1n) is 4.73. The van der Waals surface area contributed by atoms with Gasteiger partial charge in [-0.2, -0.15) is 0 Å². The molecular weight excluding hydrogens is 198 g/mol. The van der Waals surface area contributed by atoms with Gasteiger partial charge in [0.1, 0.15) is 5.82 Å². The van der Waals surface area contributed by atoms with Crippen LogP contribution in [-0.4, -0.2) is 15.7 Å². The molecule has 1 aromatic rings. The van der Waals surface area contributed by atoms with Crippen molar-refractivity contribution >= 4 is 17.6 Å². The van der Waals surface area contributed by atoms with Crippen LogP contribution in [-0.2, 0) is 0 Å². The number of thioether (sulfide) groups is 1. The zero-order valence-corrected chi connectivity index (χ0v) is 8.64. The van der Waals surface area contributed by atoms with Crippen molar-refractivity contribution in [1.29, 1.82) is 0 Å². The Hall–Kier alpha value is -0.970. The summed E-state index contributed by atoms with van der Waals surface area (Å²) >= 11 is 1.57. The first-order chi connectivity index (χ1) is 6.74. The Bertz CT molecular complexity index is 373. The van der Waals surface area contributed by atoms with Crippen LogP contribution in [0.2, 0.25) is 0 Å². The Morgan fingerprint density at radius 3 is 3.07 bits per heavy atom. The summed E-state index contributed by atoms with van der Waals surface area (Å²) in [5.74, 6) is 2.22. The SMILES string of the molecule is Nc1cc(=O)[nH]c(SCCC2CC2)n1. The van der Waals surface area contributed by atoms with E-state index in [1.807, 2.05) is 0 Å². The van der Waals surface area contributed by atoms with E-state index in [1.54, 1.807) is 11.8 Å². The fourth-order valence-corrected chi connectivity index (χ4v) is 2.24. The van der Waals surface area contributed by atoms with Crippen LogP contribution in [0.4, 0.5) is 5.82 Å². The van der Waals surface area contributed by atoms with Crippen molar-refractivity contribution in [3.63, 3.8) is 0 Å². The Morgan fingerprint density at radius 2 is 2.43 bits per heavy atom. The van der Waals surface area contributed by atoms with Gasteiger partial charge in [0.15, 0.2) is 5.16 Å². The largest absolute Gasteiger partial charge is 0.383 e. The van der Waals surface area contributed by atoms with Gasteiger partial charge in [-0.25, -0.2) is 4.98 Å². The quantitative estimate of drug-likeness (QED) is 0.580. The monoisotopic (exact) mass is 211 g/mol. The highest BCUT2D eigenvalue weighted by atomic mass is 32.2. The maximum absolute atomic E-state index is 11.0. The number of aromatic nitrogens is 2. The zero-order valence-electron chi connectivity index (χ0n) is 7.82. The molecule has 0 radical (unpaired) electrons. The molecule has 0 amide bonds. The summed E-state index contributed by atoms with van der Waals surface area (Å²) in [5.41, 5.74) is 5.28. The molecule has 0 aromatic carbocycles. The molecule has 1 aliphatic carbocycles. The molecule has 3 N–H and O–H groups in total. The standard InChI is InChI=1S/C9H13N3OS/c10-7-5-8(13)12-9(11-7)14-4-3-6-1-2-6/h5-6H,1-4H2,(H3,10,11,12,13). The maximum Gasteiger partial charge on any atom is 0.253 e. The van der Waals surface area contributed by atoms with Gasteiger partial charge in [-0.1, -0.05) is 24.6 Å². The highest BCUT2D eigenvalue weighted by Gasteiger charge is 2.20. The minimum Gasteiger partial charge on any atom is -0.383 e. The van der Waals surface area contributed by atoms with Gasteiger partial charge in [0.05, 0.1) is 0 Å². The van der Waals surface area contributed by atoms with Gasteiger partial charge in [0.25, 0.3) is 5.56 Å². The molecule has 1 aliphatic rings. The molecule has 4 nitrogen and oxygen atoms in total. The summed E-state index contributed by atoms with van der Waals surface area (Å²) in [6.07, 6.45) is 3.94. The topological polar surface area (TPSA) is 71.8 Å². The lowest BCUT2D eigenvalue weighted by Gasteiger charge is -2.00. The lowest BCUT2D eigenvalue weighted by molar-refractivity contribution is 0.805. The van der Waals surface area contributed by atoms with Crippen molar-refractivity contribution in [2.45, 2.75) is 24.4 Å². The second-order valence-electron chi connectivity index (χ2n) is 3.56. The van der Waals surface area contributed by atoms with Gasteiger partial charge in [-0.3, -0.25) is 4.79 Å². The number of hydrogen-bond acceptors (Lipinski definition) is 4. The molecule has 14 heavy (non-hydrogen) atoms. The van der Waals surface area contributed by atoms with Crippen molar-refractivity contribution in [2.24, 2.45) is 5.92 Å². The van der Waals surface area contributed by atoms with Crippen molar-refractivity contribution in [3.8, 4) is 0 Å². The van der Waals surface area contributed by atoms with Crippen LogP contribution in [0, 0.1) is 5.92 Å². The second kappa shape index (κ2) is 4.04. The van der Waals surface area contributed by atoms with Gasteiger partial charge in [-0.05, 0) is 12.3 Å². The van der Waals surface area contributed by atoms with E-state index in [2.05, 4.69) is 9.97 Å². The third-order valence-electron chi connectivity index (χ3n) is 2.20. The number of anilines is 1. The molecule has 0 bridgehead atoms. The average Bonchev–Trinajstić information content (AvgIpc) is 2.86. The van der Waals surface area contributed by atoms with Crippen molar-refractivity contribution in [1.82, 2.24) is 9.97 Å². The average molecular weight is 211 g/mol. The minimum absolute atomic E-state index is 0.175. The number of nitrogens with one attached hydrogen (secondary N) is 1. The van der Waals surface area contributed by atoms with Crippen LogP contribution in [0.15, 0.2) is 16.0 Å². The molecule has 0 saturated heterocycles. The minimum atomic E-state index is -0.175. The van der Waals surface area contributed by atoms with E-state index >= 15 is 0 Å². The van der Waals surface area contributed by atoms with E-state index in [9.17, 15) is 4.79 Å². The van der Waals surface area contributed by atoms with Crippen LogP contribution in [0.5, 0.6) is 0 Å². The van der Waals surface area contributed by atoms with E-state index in [1.165, 1.54) is 25.3 Å². The van der Waals surface area contributed by atoms with Gasteiger partial charge in [-0.15, -0.1) is 0 Å². The van der Waals surface area contributed by atoms with Crippen LogP contribution >= 0.6 is 11.8 Å². The molecule has 0 atom stereocenters. The summed E-state index contributed by atoms with van der Waals surface area (Å²) in [5, 5.41) is 0.635. The number of nitrogens with two attached hydrogens (primary N) is 1. The van der Waals surface area contributed by atoms with E-state index in [0.717, 1.165) is 11.7 Å². The molecule has 0 spiro atoms. The van der Waals surface area contributed by atoms with Gasteiger partial charge in [0, 0.05) is 11.8 Å². The Morgan fingerprint density at radius 1 is 1.64 bits per heavy atom. The van der Waals surface area contributed by atoms with Gasteiger partial charge >= 0.3 is 0 Å². The molecule has 1 heterocycles. The summed E-state index contributed by atoms with van der Waals surface area (Å²) in [4.78, 5) is 17.7. The van der Waals surface area contributed by atoms with Crippen molar-refractivity contribution in [3.05, 3.63) is 16.4 Å². The number of rotatable bonds is 4. The molecule has 76 valence electrons. The molecule has 5 heteroatoms. The summed E-state index contributed by atoms with van der Waals surface area (Å²) < 4.78 is 0. The van der Waals surface area contributed by atoms with Crippen LogP contribution in [0.25, 0.3) is 0 Å². The molecule has 1 aromatic heterocycles. The van der Waals surface area contributed by atoms with E-state index < -0.39 is 0 Å². The number of nitrogen functional groups attached to an aromatic ring is 1. The van der Waals surface area contributed by atoms with Crippen LogP contribution in [0.3, 0.4) is 0 Å². The fraction of sp³-hybridized carbons (Fsp3) is 0.556. The highest BCUT2D eigenvalue weighted by Crippen LogP contribution is 2.34. The van der Waals surface area contributed by atoms with Crippen molar-refractivity contribution < 1.29 is 0 Å². The summed E-state index contributed by atoms with van der Waals surface area (Å²) in [7, 11) is 0. The second-order valence-corrected chi connectivity index (χ2v) is 4.64. The lowest BCUT2D eigenvalue weighted by Crippen LogP contribution is -2.09. The molecule has 1 saturated carbocycles. The third-order valence-corrected chi connectivity index (χ3v) is 3.11. The molecule has 1 fully saturated rings. The van der Waals surface area contributed by atoms with E-state index in [4.69, 9.17) is 5.73 Å². The Balaban J connectivity index is 1.90. The van der Waals surface area contributed by atoms with Gasteiger partial charge in [0.2, 0.25) is 0 Å². The fourth-order valence-electron chi connectivity index (χ4n) is 1.25. The predicted octanol–water partition coefficient (Wildman–Crippen LogP) is 1.24. The first-order valence-corrected chi connectivity index (χ1v) is 5.72. The molecule has 0 unspecified atom stereocenters. The third kappa shape index (κ3) is 2.77. The van der Waals surface area contributed by atoms with Crippen LogP contribution in [0.1, 0.15) is 19.3 Å². The Kier molecular flexibility index (Phi) is 2.77. The summed E-state index contributed by atoms with van der Waals surface area (Å²) in [6.45, 7) is 0. The number of H-pyrrole nitrogens is 1. The molecule has 2 rings (SSSR count). The highest BCUT2D eigenvalue weighted by molar-refractivity contribution is 7.99. The first kappa shape index (κ1) is 9.58. The Labute approximate surface area is 86.3 Å². The molecular formula is C9H13N3OS. The normalized spacial score (nSPS) is 15.7. The smallest absolute Gasteiger partial charge is 0.253 e. The number of nitrogens with zero attached hydrogens (tertiary/aromatic N) is 1.